The van der Waals surface area contributed by atoms with E-state index in [0.29, 0.717) is 48.7 Å². The van der Waals surface area contributed by atoms with Crippen molar-refractivity contribution in [2.24, 2.45) is 0 Å². The van der Waals surface area contributed by atoms with E-state index in [1.807, 2.05) is 17.0 Å². The van der Waals surface area contributed by atoms with Gasteiger partial charge in [-0.2, -0.15) is 0 Å². The lowest BCUT2D eigenvalue weighted by Crippen LogP contribution is -2.47. The fourth-order valence-corrected chi connectivity index (χ4v) is 5.87. The average Bonchev–Trinajstić information content (AvgIpc) is 3.22. The summed E-state index contributed by atoms with van der Waals surface area (Å²) in [6.45, 7) is 5.56. The van der Waals surface area contributed by atoms with Crippen LogP contribution < -0.4 is 30.3 Å². The Morgan fingerprint density at radius 3 is 2.36 bits per heavy atom. The Kier molecular flexibility index (Phi) is 10.7. The van der Waals surface area contributed by atoms with Crippen molar-refractivity contribution in [1.82, 2.24) is 15.1 Å². The fraction of sp³-hybridized carbons (Fsp3) is 0.531. The van der Waals surface area contributed by atoms with E-state index in [1.54, 1.807) is 33.5 Å². The van der Waals surface area contributed by atoms with Crippen molar-refractivity contribution in [2.75, 3.05) is 66.4 Å². The number of amides is 2. The topological polar surface area (TPSA) is 109 Å². The number of carbonyl (C=O) groups is 2. The highest BCUT2D eigenvalue weighted by Crippen LogP contribution is 2.50. The van der Waals surface area contributed by atoms with Crippen LogP contribution in [0.15, 0.2) is 29.1 Å². The number of nitrogens with one attached hydrogen (secondary N) is 2. The maximum absolute atomic E-state index is 13.4. The number of aryl methyl sites for hydroxylation is 1. The summed E-state index contributed by atoms with van der Waals surface area (Å²) < 4.78 is 17.1. The molecule has 1 unspecified atom stereocenters. The van der Waals surface area contributed by atoms with Crippen LogP contribution in [-0.2, 0) is 16.0 Å². The van der Waals surface area contributed by atoms with E-state index >= 15 is 0 Å². The van der Waals surface area contributed by atoms with Crippen LogP contribution in [-0.4, -0.2) is 82.7 Å². The van der Waals surface area contributed by atoms with Crippen molar-refractivity contribution in [3.05, 3.63) is 45.6 Å². The van der Waals surface area contributed by atoms with Crippen LogP contribution in [0.3, 0.4) is 0 Å². The average molecular weight is 581 g/mol. The SMILES string of the molecule is COc1cc2c(c(OC)c1OC)-c1ccc(NCCCCCC(=O)N3CCN(C)CC3)c(=O)cc1C(NC(C)=O)CC2. The summed E-state index contributed by atoms with van der Waals surface area (Å²) in [7, 11) is 6.81. The van der Waals surface area contributed by atoms with Crippen LogP contribution in [0.25, 0.3) is 11.1 Å². The summed E-state index contributed by atoms with van der Waals surface area (Å²) >= 11 is 0. The zero-order chi connectivity index (χ0) is 30.2. The smallest absolute Gasteiger partial charge is 0.222 e. The van der Waals surface area contributed by atoms with Gasteiger partial charge in [-0.15, -0.1) is 0 Å². The van der Waals surface area contributed by atoms with Crippen LogP contribution in [0.4, 0.5) is 5.69 Å². The molecule has 0 bridgehead atoms. The molecule has 1 aliphatic heterocycles. The predicted octanol–water partition coefficient (Wildman–Crippen LogP) is 3.61. The number of hydrogen-bond acceptors (Lipinski definition) is 8. The first kappa shape index (κ1) is 31.2. The van der Waals surface area contributed by atoms with Gasteiger partial charge in [-0.25, -0.2) is 0 Å². The second-order valence-corrected chi connectivity index (χ2v) is 11.0. The molecule has 2 N–H and O–H groups in total. The number of hydrogen-bond donors (Lipinski definition) is 2. The highest BCUT2D eigenvalue weighted by molar-refractivity contribution is 5.83. The van der Waals surface area contributed by atoms with Gasteiger partial charge < -0.3 is 34.6 Å². The Morgan fingerprint density at radius 2 is 1.69 bits per heavy atom. The predicted molar refractivity (Wildman–Crippen MR) is 164 cm³/mol. The normalized spacial score (nSPS) is 16.5. The number of nitrogens with zero attached hydrogens (tertiary/aromatic N) is 2. The minimum absolute atomic E-state index is 0.153. The second kappa shape index (κ2) is 14.4. The Hall–Kier alpha value is -3.79. The van der Waals surface area contributed by atoms with E-state index in [4.69, 9.17) is 14.2 Å². The molecule has 4 rings (SSSR count). The highest BCUT2D eigenvalue weighted by atomic mass is 16.5. The number of ether oxygens (including phenoxy) is 3. The lowest BCUT2D eigenvalue weighted by molar-refractivity contribution is -0.132. The summed E-state index contributed by atoms with van der Waals surface area (Å²) in [5.41, 5.74) is 3.67. The molecule has 2 aromatic carbocycles. The molecule has 228 valence electrons. The fourth-order valence-electron chi connectivity index (χ4n) is 5.87. The van der Waals surface area contributed by atoms with Crippen LogP contribution in [0.2, 0.25) is 0 Å². The van der Waals surface area contributed by atoms with Crippen molar-refractivity contribution < 1.29 is 23.8 Å². The van der Waals surface area contributed by atoms with Gasteiger partial charge in [0, 0.05) is 51.6 Å². The van der Waals surface area contributed by atoms with Gasteiger partial charge in [0.2, 0.25) is 23.0 Å². The summed E-state index contributed by atoms with van der Waals surface area (Å²) in [5, 5.41) is 6.33. The van der Waals surface area contributed by atoms with Crippen LogP contribution in [0.1, 0.15) is 56.2 Å². The van der Waals surface area contributed by atoms with Crippen molar-refractivity contribution in [3.8, 4) is 28.4 Å². The number of unbranched alkanes of at least 4 members (excludes halogenated alkanes) is 2. The van der Waals surface area contributed by atoms with E-state index in [0.717, 1.165) is 67.7 Å². The van der Waals surface area contributed by atoms with E-state index in [1.165, 1.54) is 6.92 Å². The molecule has 1 atom stereocenters. The van der Waals surface area contributed by atoms with Gasteiger partial charge in [0.05, 0.1) is 33.1 Å². The van der Waals surface area contributed by atoms with Crippen molar-refractivity contribution >= 4 is 17.5 Å². The zero-order valence-corrected chi connectivity index (χ0v) is 25.5. The van der Waals surface area contributed by atoms with Gasteiger partial charge >= 0.3 is 0 Å². The van der Waals surface area contributed by atoms with E-state index in [-0.39, 0.29) is 23.3 Å². The molecule has 0 aromatic heterocycles. The first-order chi connectivity index (χ1) is 20.3. The molecule has 0 radical (unpaired) electrons. The van der Waals surface area contributed by atoms with Crippen molar-refractivity contribution in [3.63, 3.8) is 0 Å². The molecule has 0 spiro atoms. The second-order valence-electron chi connectivity index (χ2n) is 11.0. The number of likely N-dealkylation sites (N-methyl/N-ethyl adjacent to an activating group) is 1. The van der Waals surface area contributed by atoms with Crippen LogP contribution >= 0.6 is 0 Å². The number of methoxy groups -OCH3 is 3. The molecule has 42 heavy (non-hydrogen) atoms. The standard InChI is InChI=1S/C32H44N4O6/c1-21(37)34-25-12-10-22-19-28(40-3)31(41-4)32(42-5)30(22)23-11-13-26(27(38)20-24(23)25)33-14-8-6-7-9-29(39)36-17-15-35(2)16-18-36/h11,13,19-20,25H,6-10,12,14-18H2,1-5H3,(H,33,38)(H,34,37). The van der Waals surface area contributed by atoms with Gasteiger partial charge in [-0.05, 0) is 67.6 Å². The summed E-state index contributed by atoms with van der Waals surface area (Å²) in [6.07, 6.45) is 4.38. The minimum atomic E-state index is -0.350. The number of rotatable bonds is 11. The molecule has 2 aromatic rings. The lowest BCUT2D eigenvalue weighted by atomic mass is 9.95. The van der Waals surface area contributed by atoms with Crippen molar-refractivity contribution in [1.29, 1.82) is 0 Å². The molecular weight excluding hydrogens is 536 g/mol. The molecule has 1 fully saturated rings. The molecule has 0 saturated carbocycles. The maximum atomic E-state index is 13.4. The van der Waals surface area contributed by atoms with Gasteiger partial charge in [-0.3, -0.25) is 14.4 Å². The third-order valence-electron chi connectivity index (χ3n) is 8.15. The minimum Gasteiger partial charge on any atom is -0.493 e. The highest BCUT2D eigenvalue weighted by Gasteiger charge is 2.29. The third-order valence-corrected chi connectivity index (χ3v) is 8.15. The van der Waals surface area contributed by atoms with E-state index < -0.39 is 0 Å². The van der Waals surface area contributed by atoms with Crippen LogP contribution in [0.5, 0.6) is 17.2 Å². The molecule has 1 aliphatic carbocycles. The van der Waals surface area contributed by atoms with Gasteiger partial charge in [-0.1, -0.05) is 12.5 Å². The first-order valence-corrected chi connectivity index (χ1v) is 14.7. The molecular formula is C32H44N4O6. The summed E-state index contributed by atoms with van der Waals surface area (Å²) in [5.74, 6) is 1.62. The monoisotopic (exact) mass is 580 g/mol. The first-order valence-electron chi connectivity index (χ1n) is 14.7. The summed E-state index contributed by atoms with van der Waals surface area (Å²) in [4.78, 5) is 42.3. The quantitative estimate of drug-likeness (QED) is 0.388. The zero-order valence-electron chi connectivity index (χ0n) is 25.5. The number of piperazine rings is 1. The maximum Gasteiger partial charge on any atom is 0.222 e. The van der Waals surface area contributed by atoms with Gasteiger partial charge in [0.15, 0.2) is 11.5 Å². The Morgan fingerprint density at radius 1 is 0.952 bits per heavy atom. The lowest BCUT2D eigenvalue weighted by Gasteiger charge is -2.32. The number of carbonyl (C=O) groups excluding carboxylic acids is 2. The van der Waals surface area contributed by atoms with Crippen LogP contribution in [0, 0.1) is 0 Å². The molecule has 1 heterocycles. The Bertz CT molecular complexity index is 1340. The number of benzene rings is 1. The summed E-state index contributed by atoms with van der Waals surface area (Å²) in [6, 6.07) is 6.93. The Balaban J connectivity index is 1.53. The van der Waals surface area contributed by atoms with Crippen molar-refractivity contribution in [2.45, 2.75) is 51.5 Å². The van der Waals surface area contributed by atoms with E-state index in [9.17, 15) is 14.4 Å². The molecule has 2 amide bonds. The molecule has 10 nitrogen and oxygen atoms in total. The number of fused-ring (bicyclic) bond motifs is 3. The third kappa shape index (κ3) is 7.15. The molecule has 10 heteroatoms. The van der Waals surface area contributed by atoms with Gasteiger partial charge in [0.1, 0.15) is 0 Å². The van der Waals surface area contributed by atoms with E-state index in [2.05, 4.69) is 22.6 Å². The van der Waals surface area contributed by atoms with Gasteiger partial charge in [0.25, 0.3) is 0 Å². The Labute approximate surface area is 248 Å². The number of anilines is 1. The molecule has 1 saturated heterocycles. The largest absolute Gasteiger partial charge is 0.493 e. The molecule has 2 aliphatic rings.